The Bertz CT molecular complexity index is 616. The Balaban J connectivity index is 1.45. The molecule has 0 aromatic carbocycles. The number of carbonyl (C=O) groups excluding carboxylic acids is 2. The van der Waals surface area contributed by atoms with Gasteiger partial charge in [-0.2, -0.15) is 0 Å². The highest BCUT2D eigenvalue weighted by Gasteiger charge is 2.39. The van der Waals surface area contributed by atoms with Gasteiger partial charge in [0.05, 0.1) is 12.1 Å². The van der Waals surface area contributed by atoms with E-state index in [1.54, 1.807) is 13.0 Å². The Morgan fingerprint density at radius 1 is 1.24 bits per heavy atom. The van der Waals surface area contributed by atoms with E-state index in [9.17, 15) is 9.59 Å². The van der Waals surface area contributed by atoms with Crippen LogP contribution in [0.15, 0.2) is 10.6 Å². The maximum absolute atomic E-state index is 12.7. The van der Waals surface area contributed by atoms with E-state index >= 15 is 0 Å². The number of anilines is 1. The topological polar surface area (TPSA) is 105 Å². The number of nitrogens with zero attached hydrogens (tertiary/aromatic N) is 3. The maximum atomic E-state index is 12.7. The summed E-state index contributed by atoms with van der Waals surface area (Å²) in [5.74, 6) is 1.03. The second kappa shape index (κ2) is 7.53. The summed E-state index contributed by atoms with van der Waals surface area (Å²) in [6, 6.07) is 1.68. The number of nitrogens with two attached hydrogens (primary N) is 1. The largest absolute Gasteiger partial charge is 0.360 e. The van der Waals surface area contributed by atoms with Crippen LogP contribution in [0.2, 0.25) is 0 Å². The highest BCUT2D eigenvalue weighted by Crippen LogP contribution is 2.28. The number of nitrogens with one attached hydrogen (secondary N) is 1. The van der Waals surface area contributed by atoms with Crippen LogP contribution in [0.5, 0.6) is 0 Å². The molecule has 2 aliphatic rings. The van der Waals surface area contributed by atoms with Gasteiger partial charge in [-0.05, 0) is 19.8 Å². The molecule has 0 spiro atoms. The van der Waals surface area contributed by atoms with Gasteiger partial charge in [-0.25, -0.2) is 0 Å². The van der Waals surface area contributed by atoms with Gasteiger partial charge in [0, 0.05) is 32.2 Å². The highest BCUT2D eigenvalue weighted by atomic mass is 16.5. The van der Waals surface area contributed by atoms with Gasteiger partial charge in [-0.1, -0.05) is 24.4 Å². The van der Waals surface area contributed by atoms with Crippen LogP contribution in [0.3, 0.4) is 0 Å². The molecule has 3 rings (SSSR count). The van der Waals surface area contributed by atoms with Crippen molar-refractivity contribution in [2.75, 3.05) is 38.0 Å². The first kappa shape index (κ1) is 17.9. The summed E-state index contributed by atoms with van der Waals surface area (Å²) >= 11 is 0. The van der Waals surface area contributed by atoms with E-state index in [1.165, 1.54) is 6.42 Å². The fourth-order valence-corrected chi connectivity index (χ4v) is 3.63. The predicted molar refractivity (Wildman–Crippen MR) is 92.9 cm³/mol. The Morgan fingerprint density at radius 3 is 2.52 bits per heavy atom. The molecule has 1 aromatic heterocycles. The second-order valence-corrected chi connectivity index (χ2v) is 7.16. The van der Waals surface area contributed by atoms with Crippen molar-refractivity contribution in [3.63, 3.8) is 0 Å². The first-order valence-electron chi connectivity index (χ1n) is 9.00. The van der Waals surface area contributed by atoms with E-state index in [0.29, 0.717) is 37.8 Å². The first-order chi connectivity index (χ1) is 12.0. The monoisotopic (exact) mass is 349 g/mol. The van der Waals surface area contributed by atoms with Crippen molar-refractivity contribution >= 4 is 17.6 Å². The van der Waals surface area contributed by atoms with Gasteiger partial charge in [0.15, 0.2) is 5.82 Å². The van der Waals surface area contributed by atoms with Crippen molar-refractivity contribution in [2.24, 2.45) is 5.73 Å². The molecule has 3 N–H and O–H groups in total. The molecule has 138 valence electrons. The van der Waals surface area contributed by atoms with Gasteiger partial charge in [-0.15, -0.1) is 0 Å². The van der Waals surface area contributed by atoms with Crippen LogP contribution in [-0.2, 0) is 9.59 Å². The third-order valence-corrected chi connectivity index (χ3v) is 5.09. The molecule has 1 aliphatic heterocycles. The molecule has 2 fully saturated rings. The van der Waals surface area contributed by atoms with Crippen LogP contribution < -0.4 is 11.1 Å². The molecule has 25 heavy (non-hydrogen) atoms. The molecule has 2 amide bonds. The molecule has 0 unspecified atom stereocenters. The van der Waals surface area contributed by atoms with Gasteiger partial charge < -0.3 is 20.5 Å². The van der Waals surface area contributed by atoms with Gasteiger partial charge >= 0.3 is 0 Å². The van der Waals surface area contributed by atoms with Crippen LogP contribution in [0.1, 0.15) is 37.9 Å². The van der Waals surface area contributed by atoms with Crippen molar-refractivity contribution in [1.29, 1.82) is 0 Å². The number of aryl methyl sites for hydroxylation is 1. The number of hydrogen-bond acceptors (Lipinski definition) is 6. The van der Waals surface area contributed by atoms with Gasteiger partial charge in [-0.3, -0.25) is 14.5 Å². The van der Waals surface area contributed by atoms with Gasteiger partial charge in [0.1, 0.15) is 5.76 Å². The second-order valence-electron chi connectivity index (χ2n) is 7.16. The third kappa shape index (κ3) is 4.38. The van der Waals surface area contributed by atoms with Gasteiger partial charge in [0.2, 0.25) is 11.8 Å². The van der Waals surface area contributed by atoms with E-state index < -0.39 is 5.54 Å². The molecular formula is C17H27N5O3. The first-order valence-corrected chi connectivity index (χ1v) is 9.00. The average Bonchev–Trinajstić information content (AvgIpc) is 3.00. The highest BCUT2D eigenvalue weighted by molar-refractivity contribution is 5.91. The number of amides is 2. The lowest BCUT2D eigenvalue weighted by Crippen LogP contribution is -2.60. The Morgan fingerprint density at radius 2 is 1.92 bits per heavy atom. The van der Waals surface area contributed by atoms with E-state index in [4.69, 9.17) is 10.3 Å². The molecule has 2 heterocycles. The fraction of sp³-hybridized carbons (Fsp3) is 0.706. The summed E-state index contributed by atoms with van der Waals surface area (Å²) in [5.41, 5.74) is 5.67. The quantitative estimate of drug-likeness (QED) is 0.830. The maximum Gasteiger partial charge on any atom is 0.242 e. The molecule has 0 radical (unpaired) electrons. The summed E-state index contributed by atoms with van der Waals surface area (Å²) in [4.78, 5) is 28.7. The lowest BCUT2D eigenvalue weighted by Gasteiger charge is -2.40. The zero-order valence-corrected chi connectivity index (χ0v) is 14.8. The minimum absolute atomic E-state index is 0.0781. The molecule has 8 nitrogen and oxygen atoms in total. The molecule has 0 atom stereocenters. The fourth-order valence-electron chi connectivity index (χ4n) is 3.63. The lowest BCUT2D eigenvalue weighted by molar-refractivity contribution is -0.140. The molecule has 1 saturated heterocycles. The van der Waals surface area contributed by atoms with Crippen LogP contribution in [0.4, 0.5) is 5.82 Å². The minimum Gasteiger partial charge on any atom is -0.360 e. The Hall–Kier alpha value is -1.93. The molecule has 1 aliphatic carbocycles. The number of hydrogen-bond donors (Lipinski definition) is 2. The van der Waals surface area contributed by atoms with Crippen LogP contribution in [0.25, 0.3) is 0 Å². The number of rotatable bonds is 4. The SMILES string of the molecule is Cc1cc(NC(=O)CN2CCN(C(=O)C3(N)CCCCC3)CC2)no1. The van der Waals surface area contributed by atoms with Gasteiger partial charge in [0.25, 0.3) is 0 Å². The lowest BCUT2D eigenvalue weighted by atomic mass is 9.81. The van der Waals surface area contributed by atoms with Crippen molar-refractivity contribution in [1.82, 2.24) is 15.0 Å². The van der Waals surface area contributed by atoms with Crippen LogP contribution in [0, 0.1) is 6.92 Å². The van der Waals surface area contributed by atoms with Crippen LogP contribution >= 0.6 is 0 Å². The molecular weight excluding hydrogens is 322 g/mol. The summed E-state index contributed by atoms with van der Waals surface area (Å²) in [5, 5.41) is 6.47. The van der Waals surface area contributed by atoms with Crippen LogP contribution in [-0.4, -0.2) is 65.0 Å². The average molecular weight is 349 g/mol. The minimum atomic E-state index is -0.678. The summed E-state index contributed by atoms with van der Waals surface area (Å²) in [7, 11) is 0. The van der Waals surface area contributed by atoms with Crippen molar-refractivity contribution < 1.29 is 14.1 Å². The number of piperazine rings is 1. The van der Waals surface area contributed by atoms with Crippen molar-refractivity contribution in [3.8, 4) is 0 Å². The number of aromatic nitrogens is 1. The normalized spacial score (nSPS) is 21.1. The third-order valence-electron chi connectivity index (χ3n) is 5.09. The summed E-state index contributed by atoms with van der Waals surface area (Å²) in [6.07, 6.45) is 4.80. The van der Waals surface area contributed by atoms with Crippen molar-refractivity contribution in [2.45, 2.75) is 44.6 Å². The van der Waals surface area contributed by atoms with E-state index in [-0.39, 0.29) is 18.4 Å². The molecule has 0 bridgehead atoms. The molecule has 1 saturated carbocycles. The predicted octanol–water partition coefficient (Wildman–Crippen LogP) is 0.727. The molecule has 8 heteroatoms. The zero-order valence-electron chi connectivity index (χ0n) is 14.8. The Kier molecular flexibility index (Phi) is 5.39. The van der Waals surface area contributed by atoms with E-state index in [2.05, 4.69) is 10.5 Å². The Labute approximate surface area is 147 Å². The standard InChI is InChI=1S/C17H27N5O3/c1-13-11-14(20-25-13)19-15(23)12-21-7-9-22(10-8-21)16(24)17(18)5-3-2-4-6-17/h11H,2-10,12,18H2,1H3,(H,19,20,23). The summed E-state index contributed by atoms with van der Waals surface area (Å²) < 4.78 is 4.93. The smallest absolute Gasteiger partial charge is 0.242 e. The van der Waals surface area contributed by atoms with Crippen molar-refractivity contribution in [3.05, 3.63) is 11.8 Å². The number of carbonyl (C=O) groups is 2. The summed E-state index contributed by atoms with van der Waals surface area (Å²) in [6.45, 7) is 4.64. The van der Waals surface area contributed by atoms with E-state index in [0.717, 1.165) is 25.7 Å². The van der Waals surface area contributed by atoms with E-state index in [1.807, 2.05) is 9.80 Å². The molecule has 1 aromatic rings. The zero-order chi connectivity index (χ0) is 17.9.